The van der Waals surface area contributed by atoms with Gasteiger partial charge in [0.05, 0.1) is 16.6 Å². The molecule has 20 heavy (non-hydrogen) atoms. The summed E-state index contributed by atoms with van der Waals surface area (Å²) in [5.41, 5.74) is 1.37. The zero-order valence-corrected chi connectivity index (χ0v) is 11.8. The summed E-state index contributed by atoms with van der Waals surface area (Å²) in [7, 11) is -3.35. The van der Waals surface area contributed by atoms with E-state index in [-0.39, 0.29) is 10.9 Å². The number of aromatic nitrogens is 2. The Labute approximate surface area is 116 Å². The van der Waals surface area contributed by atoms with Crippen LogP contribution < -0.4 is 10.4 Å². The lowest BCUT2D eigenvalue weighted by atomic mass is 10.2. The average Bonchev–Trinajstić information content (AvgIpc) is 3.19. The van der Waals surface area contributed by atoms with Gasteiger partial charge in [0.25, 0.3) is 0 Å². The first-order valence-corrected chi connectivity index (χ1v) is 7.92. The van der Waals surface area contributed by atoms with Crippen molar-refractivity contribution in [3.63, 3.8) is 0 Å². The van der Waals surface area contributed by atoms with Crippen LogP contribution in [0, 0.1) is 6.92 Å². The van der Waals surface area contributed by atoms with Crippen LogP contribution in [0.1, 0.15) is 18.5 Å². The summed E-state index contributed by atoms with van der Waals surface area (Å²) in [6.07, 6.45) is 2.98. The Hall–Kier alpha value is -2.02. The predicted molar refractivity (Wildman–Crippen MR) is 76.7 cm³/mol. The zero-order chi connectivity index (χ0) is 14.3. The molecule has 2 N–H and O–H groups in total. The number of sulfonamides is 1. The molecule has 6 nitrogen and oxygen atoms in total. The molecule has 0 spiro atoms. The van der Waals surface area contributed by atoms with Crippen LogP contribution in [0.2, 0.25) is 0 Å². The summed E-state index contributed by atoms with van der Waals surface area (Å²) in [6, 6.07) is 6.88. The predicted octanol–water partition coefficient (Wildman–Crippen LogP) is 1.38. The van der Waals surface area contributed by atoms with Gasteiger partial charge in [-0.15, -0.1) is 0 Å². The minimum absolute atomic E-state index is 0.291. The number of H-pyrrole nitrogens is 1. The van der Waals surface area contributed by atoms with Crippen molar-refractivity contribution in [2.24, 2.45) is 0 Å². The Kier molecular flexibility index (Phi) is 2.93. The first-order chi connectivity index (χ1) is 9.49. The van der Waals surface area contributed by atoms with E-state index in [1.54, 1.807) is 37.4 Å². The highest BCUT2D eigenvalue weighted by Crippen LogP contribution is 2.31. The van der Waals surface area contributed by atoms with Crippen LogP contribution in [0.5, 0.6) is 0 Å². The van der Waals surface area contributed by atoms with Crippen LogP contribution in [-0.2, 0) is 10.0 Å². The van der Waals surface area contributed by atoms with Gasteiger partial charge in [0.2, 0.25) is 10.0 Å². The lowest BCUT2D eigenvalue weighted by Gasteiger charge is -2.13. The van der Waals surface area contributed by atoms with E-state index in [0.717, 1.165) is 0 Å². The van der Waals surface area contributed by atoms with Crippen molar-refractivity contribution in [3.05, 3.63) is 46.6 Å². The number of hydrogen-bond donors (Lipinski definition) is 2. The minimum atomic E-state index is -3.35. The van der Waals surface area contributed by atoms with Gasteiger partial charge in [0.15, 0.2) is 0 Å². The maximum Gasteiger partial charge on any atom is 0.330 e. The molecule has 1 aromatic carbocycles. The number of aryl methyl sites for hydroxylation is 1. The van der Waals surface area contributed by atoms with E-state index in [9.17, 15) is 13.2 Å². The van der Waals surface area contributed by atoms with Gasteiger partial charge in [0.1, 0.15) is 0 Å². The smallest absolute Gasteiger partial charge is 0.312 e. The molecule has 0 atom stereocenters. The van der Waals surface area contributed by atoms with E-state index in [0.29, 0.717) is 29.9 Å². The number of para-hydroxylation sites is 2. The molecule has 3 rings (SSSR count). The van der Waals surface area contributed by atoms with Crippen LogP contribution in [0.15, 0.2) is 35.3 Å². The number of nitrogens with one attached hydrogen (secondary N) is 2. The van der Waals surface area contributed by atoms with Crippen molar-refractivity contribution < 1.29 is 8.42 Å². The quantitative estimate of drug-likeness (QED) is 0.893. The lowest BCUT2D eigenvalue weighted by Crippen LogP contribution is -2.21. The maximum atomic E-state index is 12.0. The van der Waals surface area contributed by atoms with Crippen molar-refractivity contribution in [3.8, 4) is 5.69 Å². The van der Waals surface area contributed by atoms with Crippen molar-refractivity contribution in [1.29, 1.82) is 0 Å². The second-order valence-electron chi connectivity index (χ2n) is 4.93. The average molecular weight is 293 g/mol. The van der Waals surface area contributed by atoms with Crippen molar-refractivity contribution >= 4 is 15.7 Å². The van der Waals surface area contributed by atoms with E-state index in [4.69, 9.17) is 0 Å². The van der Waals surface area contributed by atoms with Gasteiger partial charge in [-0.2, -0.15) is 0 Å². The van der Waals surface area contributed by atoms with E-state index < -0.39 is 10.0 Å². The molecule has 1 aliphatic carbocycles. The first-order valence-electron chi connectivity index (χ1n) is 6.37. The largest absolute Gasteiger partial charge is 0.330 e. The highest BCUT2D eigenvalue weighted by molar-refractivity contribution is 7.93. The molecule has 0 unspecified atom stereocenters. The molecule has 0 saturated heterocycles. The zero-order valence-electron chi connectivity index (χ0n) is 11.0. The van der Waals surface area contributed by atoms with E-state index in [1.165, 1.54) is 4.57 Å². The third kappa shape index (κ3) is 2.24. The number of rotatable bonds is 4. The topological polar surface area (TPSA) is 84.0 Å². The molecule has 0 aliphatic heterocycles. The monoisotopic (exact) mass is 293 g/mol. The van der Waals surface area contributed by atoms with Crippen molar-refractivity contribution in [1.82, 2.24) is 9.55 Å². The molecule has 106 valence electrons. The number of benzene rings is 1. The molecule has 1 aliphatic rings. The van der Waals surface area contributed by atoms with E-state index in [1.807, 2.05) is 0 Å². The molecular weight excluding hydrogens is 278 g/mol. The SMILES string of the molecule is Cc1c[nH]c(=O)n1-c1ccccc1NS(=O)(=O)C1CC1. The fraction of sp³-hybridized carbons (Fsp3) is 0.308. The molecular formula is C13H15N3O3S. The normalized spacial score (nSPS) is 15.2. The Morgan fingerprint density at radius 3 is 2.60 bits per heavy atom. The summed E-state index contributed by atoms with van der Waals surface area (Å²) in [4.78, 5) is 14.4. The van der Waals surface area contributed by atoms with Gasteiger partial charge >= 0.3 is 5.69 Å². The molecule has 1 heterocycles. The Balaban J connectivity index is 2.07. The Morgan fingerprint density at radius 1 is 1.30 bits per heavy atom. The molecule has 0 amide bonds. The molecule has 0 bridgehead atoms. The number of anilines is 1. The van der Waals surface area contributed by atoms with Gasteiger partial charge in [-0.05, 0) is 31.9 Å². The van der Waals surface area contributed by atoms with Gasteiger partial charge in [-0.25, -0.2) is 13.2 Å². The molecule has 1 aromatic heterocycles. The number of hydrogen-bond acceptors (Lipinski definition) is 3. The third-order valence-corrected chi connectivity index (χ3v) is 5.17. The molecule has 7 heteroatoms. The fourth-order valence-electron chi connectivity index (χ4n) is 2.12. The summed E-state index contributed by atoms with van der Waals surface area (Å²) in [5.74, 6) is 0. The summed E-state index contributed by atoms with van der Waals surface area (Å²) in [6.45, 7) is 1.78. The minimum Gasteiger partial charge on any atom is -0.312 e. The standard InChI is InChI=1S/C13H15N3O3S/c1-9-8-14-13(17)16(9)12-5-3-2-4-11(12)15-20(18,19)10-6-7-10/h2-5,8,10,15H,6-7H2,1H3,(H,14,17). The van der Waals surface area contributed by atoms with Gasteiger partial charge < -0.3 is 4.98 Å². The van der Waals surface area contributed by atoms with Crippen LogP contribution >= 0.6 is 0 Å². The Bertz CT molecular complexity index is 800. The summed E-state index contributed by atoms with van der Waals surface area (Å²) < 4.78 is 28.1. The highest BCUT2D eigenvalue weighted by atomic mass is 32.2. The number of aromatic amines is 1. The van der Waals surface area contributed by atoms with Crippen molar-refractivity contribution in [2.45, 2.75) is 25.0 Å². The highest BCUT2D eigenvalue weighted by Gasteiger charge is 2.36. The van der Waals surface area contributed by atoms with E-state index >= 15 is 0 Å². The number of imidazole rings is 1. The number of nitrogens with zero attached hydrogens (tertiary/aromatic N) is 1. The molecule has 1 saturated carbocycles. The maximum absolute atomic E-state index is 12.0. The summed E-state index contributed by atoms with van der Waals surface area (Å²) >= 11 is 0. The van der Waals surface area contributed by atoms with Crippen LogP contribution in [-0.4, -0.2) is 23.2 Å². The van der Waals surface area contributed by atoms with Gasteiger partial charge in [0, 0.05) is 11.9 Å². The van der Waals surface area contributed by atoms with Gasteiger partial charge in [-0.3, -0.25) is 9.29 Å². The molecule has 1 fully saturated rings. The van der Waals surface area contributed by atoms with Crippen LogP contribution in [0.25, 0.3) is 5.69 Å². The fourth-order valence-corrected chi connectivity index (χ4v) is 3.53. The second-order valence-corrected chi connectivity index (χ2v) is 6.90. The lowest BCUT2D eigenvalue weighted by molar-refractivity contribution is 0.600. The molecule has 0 radical (unpaired) electrons. The van der Waals surface area contributed by atoms with Crippen LogP contribution in [0.4, 0.5) is 5.69 Å². The Morgan fingerprint density at radius 2 is 2.00 bits per heavy atom. The van der Waals surface area contributed by atoms with Crippen LogP contribution in [0.3, 0.4) is 0 Å². The van der Waals surface area contributed by atoms with Gasteiger partial charge in [-0.1, -0.05) is 12.1 Å². The second kappa shape index (κ2) is 4.52. The van der Waals surface area contributed by atoms with Crippen molar-refractivity contribution in [2.75, 3.05) is 4.72 Å². The molecule has 2 aromatic rings. The summed E-state index contributed by atoms with van der Waals surface area (Å²) in [5, 5.41) is -0.306. The first kappa shape index (κ1) is 13.0. The third-order valence-electron chi connectivity index (χ3n) is 3.32. The van der Waals surface area contributed by atoms with E-state index in [2.05, 4.69) is 9.71 Å².